The minimum absolute atomic E-state index is 0.321. The summed E-state index contributed by atoms with van der Waals surface area (Å²) in [6.45, 7) is 1.34. The number of anilines is 3. The fraction of sp³-hybridized carbons (Fsp3) is 0.238. The molecule has 10 heteroatoms. The lowest BCUT2D eigenvalue weighted by Gasteiger charge is -2.14. The van der Waals surface area contributed by atoms with Crippen LogP contribution in [0.15, 0.2) is 54.6 Å². The Hall–Kier alpha value is -3.04. The fourth-order valence-electron chi connectivity index (χ4n) is 2.66. The van der Waals surface area contributed by atoms with Gasteiger partial charge in [-0.1, -0.05) is 23.7 Å². The van der Waals surface area contributed by atoms with Crippen molar-refractivity contribution in [3.8, 4) is 17.0 Å². The molecule has 0 bridgehead atoms. The monoisotopic (exact) mass is 451 g/mol. The lowest BCUT2D eigenvalue weighted by Crippen LogP contribution is -2.21. The van der Waals surface area contributed by atoms with Crippen LogP contribution in [-0.4, -0.2) is 48.4 Å². The lowest BCUT2D eigenvalue weighted by molar-refractivity contribution is -0.274. The smallest absolute Gasteiger partial charge is 0.406 e. The van der Waals surface area contributed by atoms with Gasteiger partial charge in [-0.2, -0.15) is 4.98 Å². The average molecular weight is 452 g/mol. The third kappa shape index (κ3) is 7.30. The van der Waals surface area contributed by atoms with Crippen LogP contribution >= 0.6 is 11.6 Å². The molecule has 0 aliphatic heterocycles. The second kappa shape index (κ2) is 9.84. The van der Waals surface area contributed by atoms with Gasteiger partial charge in [-0.3, -0.25) is 0 Å². The predicted molar refractivity (Wildman–Crippen MR) is 116 cm³/mol. The largest absolute Gasteiger partial charge is 0.573 e. The van der Waals surface area contributed by atoms with Gasteiger partial charge in [-0.05, 0) is 50.5 Å². The minimum Gasteiger partial charge on any atom is -0.406 e. The molecule has 0 amide bonds. The van der Waals surface area contributed by atoms with Crippen LogP contribution < -0.4 is 15.4 Å². The SMILES string of the molecule is CN(C)CCNc1nc(Nc2ccc(Cl)cc2)cc(-c2cccc(OC(F)(F)F)c2)n1. The Morgan fingerprint density at radius 3 is 2.45 bits per heavy atom. The highest BCUT2D eigenvalue weighted by Gasteiger charge is 2.31. The number of nitrogens with one attached hydrogen (secondary N) is 2. The second-order valence-corrected chi connectivity index (χ2v) is 7.34. The molecule has 0 fully saturated rings. The van der Waals surface area contributed by atoms with Gasteiger partial charge in [-0.15, -0.1) is 13.2 Å². The molecule has 0 spiro atoms. The molecule has 0 aliphatic carbocycles. The molecule has 0 unspecified atom stereocenters. The van der Waals surface area contributed by atoms with Crippen molar-refractivity contribution in [2.75, 3.05) is 37.8 Å². The van der Waals surface area contributed by atoms with Gasteiger partial charge in [0.15, 0.2) is 0 Å². The zero-order valence-electron chi connectivity index (χ0n) is 16.9. The van der Waals surface area contributed by atoms with Crippen molar-refractivity contribution in [2.45, 2.75) is 6.36 Å². The minimum atomic E-state index is -4.77. The number of alkyl halides is 3. The average Bonchev–Trinajstić information content (AvgIpc) is 2.68. The van der Waals surface area contributed by atoms with Gasteiger partial charge in [-0.25, -0.2) is 4.98 Å². The van der Waals surface area contributed by atoms with Crippen LogP contribution in [0.2, 0.25) is 5.02 Å². The van der Waals surface area contributed by atoms with Gasteiger partial charge >= 0.3 is 6.36 Å². The number of hydrogen-bond acceptors (Lipinski definition) is 6. The number of likely N-dealkylation sites (N-methyl/N-ethyl adjacent to an activating group) is 1. The fourth-order valence-corrected chi connectivity index (χ4v) is 2.79. The molecule has 31 heavy (non-hydrogen) atoms. The Morgan fingerprint density at radius 1 is 1.03 bits per heavy atom. The number of aromatic nitrogens is 2. The summed E-state index contributed by atoms with van der Waals surface area (Å²) in [5, 5.41) is 6.90. The third-order valence-corrected chi connectivity index (χ3v) is 4.30. The third-order valence-electron chi connectivity index (χ3n) is 4.05. The van der Waals surface area contributed by atoms with Crippen molar-refractivity contribution in [1.82, 2.24) is 14.9 Å². The van der Waals surface area contributed by atoms with Gasteiger partial charge in [0.25, 0.3) is 0 Å². The van der Waals surface area contributed by atoms with E-state index in [-0.39, 0.29) is 5.75 Å². The van der Waals surface area contributed by atoms with Crippen LogP contribution in [0.1, 0.15) is 0 Å². The molecule has 0 saturated carbocycles. The van der Waals surface area contributed by atoms with Crippen molar-refractivity contribution in [3.05, 3.63) is 59.6 Å². The Balaban J connectivity index is 1.92. The summed E-state index contributed by atoms with van der Waals surface area (Å²) in [4.78, 5) is 10.9. The van der Waals surface area contributed by atoms with E-state index in [1.807, 2.05) is 19.0 Å². The van der Waals surface area contributed by atoms with Gasteiger partial charge in [0.2, 0.25) is 5.95 Å². The van der Waals surface area contributed by atoms with Crippen LogP contribution in [0.3, 0.4) is 0 Å². The van der Waals surface area contributed by atoms with Crippen molar-refractivity contribution >= 4 is 29.1 Å². The Morgan fingerprint density at radius 2 is 1.77 bits per heavy atom. The summed E-state index contributed by atoms with van der Waals surface area (Å²) in [5.41, 5.74) is 1.65. The molecule has 3 aromatic rings. The van der Waals surface area contributed by atoms with E-state index in [0.29, 0.717) is 34.6 Å². The molecule has 3 rings (SSSR count). The van der Waals surface area contributed by atoms with Crippen LogP contribution in [0.4, 0.5) is 30.6 Å². The number of benzene rings is 2. The van der Waals surface area contributed by atoms with Crippen molar-refractivity contribution in [3.63, 3.8) is 0 Å². The summed E-state index contributed by atoms with van der Waals surface area (Å²) >= 11 is 5.93. The first-order chi connectivity index (χ1) is 14.7. The summed E-state index contributed by atoms with van der Waals surface area (Å²) in [6, 6.07) is 14.4. The van der Waals surface area contributed by atoms with Crippen molar-refractivity contribution in [2.24, 2.45) is 0 Å². The lowest BCUT2D eigenvalue weighted by atomic mass is 10.1. The first-order valence-electron chi connectivity index (χ1n) is 9.34. The first-order valence-corrected chi connectivity index (χ1v) is 9.72. The molecule has 0 radical (unpaired) electrons. The molecule has 2 aromatic carbocycles. The standard InChI is InChI=1S/C21H21ClF3N5O/c1-30(2)11-10-26-20-28-18(14-4-3-5-17(12-14)31-21(23,24)25)13-19(29-20)27-16-8-6-15(22)7-9-16/h3-9,12-13H,10-11H2,1-2H3,(H2,26,27,28,29). The number of ether oxygens (including phenoxy) is 1. The zero-order chi connectivity index (χ0) is 22.4. The second-order valence-electron chi connectivity index (χ2n) is 6.90. The maximum Gasteiger partial charge on any atom is 0.573 e. The maximum atomic E-state index is 12.6. The maximum absolute atomic E-state index is 12.6. The van der Waals surface area contributed by atoms with Gasteiger partial charge in [0, 0.05) is 35.4 Å². The molecule has 1 aromatic heterocycles. The highest BCUT2D eigenvalue weighted by molar-refractivity contribution is 6.30. The van der Waals surface area contributed by atoms with E-state index >= 15 is 0 Å². The topological polar surface area (TPSA) is 62.3 Å². The van der Waals surface area contributed by atoms with E-state index < -0.39 is 6.36 Å². The van der Waals surface area contributed by atoms with Gasteiger partial charge in [0.1, 0.15) is 11.6 Å². The summed E-state index contributed by atoms with van der Waals surface area (Å²) < 4.78 is 41.8. The van der Waals surface area contributed by atoms with Crippen molar-refractivity contribution < 1.29 is 17.9 Å². The quantitative estimate of drug-likeness (QED) is 0.477. The summed E-state index contributed by atoms with van der Waals surface area (Å²) in [6.07, 6.45) is -4.77. The van der Waals surface area contributed by atoms with E-state index in [2.05, 4.69) is 25.3 Å². The highest BCUT2D eigenvalue weighted by atomic mass is 35.5. The predicted octanol–water partition coefficient (Wildman–Crippen LogP) is 5.41. The Bertz CT molecular complexity index is 1010. The van der Waals surface area contributed by atoms with Crippen LogP contribution in [0.25, 0.3) is 11.3 Å². The van der Waals surface area contributed by atoms with Gasteiger partial charge < -0.3 is 20.3 Å². The molecule has 6 nitrogen and oxygen atoms in total. The van der Waals surface area contributed by atoms with E-state index in [1.165, 1.54) is 18.2 Å². The number of halogens is 4. The Kier molecular flexibility index (Phi) is 7.19. The Labute approximate surface area is 183 Å². The zero-order valence-corrected chi connectivity index (χ0v) is 17.6. The summed E-state index contributed by atoms with van der Waals surface area (Å²) in [5.74, 6) is 0.498. The molecule has 2 N–H and O–H groups in total. The normalized spacial score (nSPS) is 11.5. The molecular formula is C21H21ClF3N5O. The molecule has 0 atom stereocenters. The van der Waals surface area contributed by atoms with E-state index in [0.717, 1.165) is 12.2 Å². The molecule has 164 valence electrons. The summed E-state index contributed by atoms with van der Waals surface area (Å²) in [7, 11) is 3.89. The number of hydrogen-bond donors (Lipinski definition) is 2. The first kappa shape index (κ1) is 22.6. The van der Waals surface area contributed by atoms with E-state index in [4.69, 9.17) is 11.6 Å². The van der Waals surface area contributed by atoms with Crippen LogP contribution in [0, 0.1) is 0 Å². The molecule has 1 heterocycles. The number of rotatable bonds is 8. The van der Waals surface area contributed by atoms with Crippen LogP contribution in [0.5, 0.6) is 5.75 Å². The molecular weight excluding hydrogens is 431 g/mol. The number of nitrogens with zero attached hydrogens (tertiary/aromatic N) is 3. The molecule has 0 aliphatic rings. The van der Waals surface area contributed by atoms with E-state index in [9.17, 15) is 13.2 Å². The van der Waals surface area contributed by atoms with Crippen molar-refractivity contribution in [1.29, 1.82) is 0 Å². The van der Waals surface area contributed by atoms with Crippen LogP contribution in [-0.2, 0) is 0 Å². The van der Waals surface area contributed by atoms with E-state index in [1.54, 1.807) is 36.4 Å². The molecule has 0 saturated heterocycles. The van der Waals surface area contributed by atoms with Gasteiger partial charge in [0.05, 0.1) is 5.69 Å². The highest BCUT2D eigenvalue weighted by Crippen LogP contribution is 2.29.